The topological polar surface area (TPSA) is 84.5 Å². The minimum atomic E-state index is -0.698. The van der Waals surface area contributed by atoms with Crippen molar-refractivity contribution in [1.29, 1.82) is 0 Å². The third kappa shape index (κ3) is 5.54. The van der Waals surface area contributed by atoms with Crippen molar-refractivity contribution in [3.05, 3.63) is 95.6 Å². The summed E-state index contributed by atoms with van der Waals surface area (Å²) in [6, 6.07) is 22.6. The Bertz CT molecular complexity index is 1050. The van der Waals surface area contributed by atoms with Crippen LogP contribution in [0, 0.1) is 0 Å². The second-order valence-electron chi connectivity index (χ2n) is 6.54. The molecule has 0 saturated heterocycles. The van der Waals surface area contributed by atoms with E-state index in [-0.39, 0.29) is 11.5 Å². The Balaban J connectivity index is 1.61. The largest absolute Gasteiger partial charge is 0.452 e. The molecule has 0 aliphatic rings. The first kappa shape index (κ1) is 20.8. The van der Waals surface area contributed by atoms with Crippen molar-refractivity contribution in [2.75, 3.05) is 17.2 Å². The molecule has 0 radical (unpaired) electrons. The highest BCUT2D eigenvalue weighted by atomic mass is 16.5. The van der Waals surface area contributed by atoms with Gasteiger partial charge in [0.15, 0.2) is 6.61 Å². The maximum atomic E-state index is 12.5. The third-order valence-electron chi connectivity index (χ3n) is 4.38. The third-order valence-corrected chi connectivity index (χ3v) is 4.38. The molecule has 0 aromatic heterocycles. The number of hydrogen-bond donors (Lipinski definition) is 2. The average molecular weight is 402 g/mol. The molecule has 0 fully saturated rings. The molecule has 30 heavy (non-hydrogen) atoms. The Morgan fingerprint density at radius 1 is 0.833 bits per heavy atom. The smallest absolute Gasteiger partial charge is 0.340 e. The predicted molar refractivity (Wildman–Crippen MR) is 116 cm³/mol. The van der Waals surface area contributed by atoms with E-state index in [1.807, 2.05) is 31.2 Å². The predicted octanol–water partition coefficient (Wildman–Crippen LogP) is 4.30. The second kappa shape index (κ2) is 10.0. The van der Waals surface area contributed by atoms with Crippen molar-refractivity contribution < 1.29 is 19.1 Å². The van der Waals surface area contributed by atoms with Gasteiger partial charge in [0, 0.05) is 11.3 Å². The van der Waals surface area contributed by atoms with Crippen molar-refractivity contribution >= 4 is 29.2 Å². The van der Waals surface area contributed by atoms with Crippen molar-refractivity contribution in [1.82, 2.24) is 0 Å². The van der Waals surface area contributed by atoms with Crippen LogP contribution in [0.2, 0.25) is 0 Å². The Morgan fingerprint density at radius 2 is 1.57 bits per heavy atom. The van der Waals surface area contributed by atoms with Gasteiger partial charge < -0.3 is 15.4 Å². The summed E-state index contributed by atoms with van der Waals surface area (Å²) in [6.45, 7) is 1.59. The van der Waals surface area contributed by atoms with Gasteiger partial charge in [-0.3, -0.25) is 9.59 Å². The fourth-order valence-corrected chi connectivity index (χ4v) is 2.83. The van der Waals surface area contributed by atoms with Gasteiger partial charge in [0.25, 0.3) is 11.8 Å². The number of benzene rings is 3. The highest BCUT2D eigenvalue weighted by Crippen LogP contribution is 2.18. The number of amides is 2. The summed E-state index contributed by atoms with van der Waals surface area (Å²) < 4.78 is 5.14. The summed E-state index contributed by atoms with van der Waals surface area (Å²) in [7, 11) is 0. The molecular weight excluding hydrogens is 380 g/mol. The first-order valence-corrected chi connectivity index (χ1v) is 9.58. The average Bonchev–Trinajstić information content (AvgIpc) is 2.78. The summed E-state index contributed by atoms with van der Waals surface area (Å²) in [6.07, 6.45) is 0.851. The van der Waals surface area contributed by atoms with Crippen molar-refractivity contribution in [3.8, 4) is 0 Å². The number of rotatable bonds is 7. The normalized spacial score (nSPS) is 10.2. The molecule has 3 aromatic rings. The fraction of sp³-hybridized carbons (Fsp3) is 0.125. The standard InChI is InChI=1S/C24H22N2O4/c1-2-17-9-8-12-19(15-17)25-22(27)16-30-24(29)20-13-6-7-14-21(20)26-23(28)18-10-4-3-5-11-18/h3-15H,2,16H2,1H3,(H,25,27)(H,26,28). The number of nitrogens with one attached hydrogen (secondary N) is 2. The molecule has 152 valence electrons. The van der Waals surface area contributed by atoms with E-state index in [0.717, 1.165) is 12.0 Å². The number of hydrogen-bond acceptors (Lipinski definition) is 4. The van der Waals surface area contributed by atoms with E-state index in [2.05, 4.69) is 10.6 Å². The summed E-state index contributed by atoms with van der Waals surface area (Å²) in [4.78, 5) is 37.0. The maximum Gasteiger partial charge on any atom is 0.340 e. The minimum absolute atomic E-state index is 0.169. The zero-order valence-corrected chi connectivity index (χ0v) is 16.6. The maximum absolute atomic E-state index is 12.5. The number of aryl methyl sites for hydroxylation is 1. The van der Waals surface area contributed by atoms with Gasteiger partial charge in [-0.2, -0.15) is 0 Å². The first-order chi connectivity index (χ1) is 14.6. The van der Waals surface area contributed by atoms with Crippen molar-refractivity contribution in [2.24, 2.45) is 0 Å². The van der Waals surface area contributed by atoms with E-state index in [4.69, 9.17) is 4.74 Å². The van der Waals surface area contributed by atoms with Crippen LogP contribution in [0.3, 0.4) is 0 Å². The Morgan fingerprint density at radius 3 is 2.33 bits per heavy atom. The van der Waals surface area contributed by atoms with E-state index in [1.54, 1.807) is 48.5 Å². The molecule has 0 aliphatic carbocycles. The monoisotopic (exact) mass is 402 g/mol. The van der Waals surface area contributed by atoms with E-state index < -0.39 is 18.5 Å². The molecule has 2 N–H and O–H groups in total. The van der Waals surface area contributed by atoms with Gasteiger partial charge >= 0.3 is 5.97 Å². The van der Waals surface area contributed by atoms with Crippen LogP contribution in [0.4, 0.5) is 11.4 Å². The van der Waals surface area contributed by atoms with Gasteiger partial charge in [0.05, 0.1) is 11.3 Å². The molecule has 6 nitrogen and oxygen atoms in total. The summed E-state index contributed by atoms with van der Waals surface area (Å²) in [5, 5.41) is 5.41. The van der Waals surface area contributed by atoms with Gasteiger partial charge in [-0.15, -0.1) is 0 Å². The van der Waals surface area contributed by atoms with Gasteiger partial charge in [0.1, 0.15) is 0 Å². The van der Waals surface area contributed by atoms with E-state index >= 15 is 0 Å². The molecule has 2 amide bonds. The SMILES string of the molecule is CCc1cccc(NC(=O)COC(=O)c2ccccc2NC(=O)c2ccccc2)c1. The summed E-state index contributed by atoms with van der Waals surface area (Å²) in [5.74, 6) is -1.48. The zero-order valence-electron chi connectivity index (χ0n) is 16.6. The molecule has 6 heteroatoms. The number of para-hydroxylation sites is 1. The zero-order chi connectivity index (χ0) is 21.3. The second-order valence-corrected chi connectivity index (χ2v) is 6.54. The highest BCUT2D eigenvalue weighted by Gasteiger charge is 2.16. The number of anilines is 2. The van der Waals surface area contributed by atoms with Gasteiger partial charge in [-0.25, -0.2) is 4.79 Å². The van der Waals surface area contributed by atoms with E-state index in [0.29, 0.717) is 16.9 Å². The lowest BCUT2D eigenvalue weighted by Crippen LogP contribution is -2.22. The highest BCUT2D eigenvalue weighted by molar-refractivity contribution is 6.08. The van der Waals surface area contributed by atoms with Crippen LogP contribution in [0.5, 0.6) is 0 Å². The van der Waals surface area contributed by atoms with E-state index in [1.165, 1.54) is 6.07 Å². The first-order valence-electron chi connectivity index (χ1n) is 9.58. The lowest BCUT2D eigenvalue weighted by molar-refractivity contribution is -0.119. The Hall–Kier alpha value is -3.93. The Labute approximate surface area is 174 Å². The number of carbonyl (C=O) groups excluding carboxylic acids is 3. The molecule has 0 spiro atoms. The molecule has 3 rings (SSSR count). The summed E-state index contributed by atoms with van der Waals surface area (Å²) in [5.41, 5.74) is 2.68. The lowest BCUT2D eigenvalue weighted by Gasteiger charge is -2.11. The molecule has 0 unspecified atom stereocenters. The quantitative estimate of drug-likeness (QED) is 0.577. The molecular formula is C24H22N2O4. The van der Waals surface area contributed by atoms with Crippen molar-refractivity contribution in [3.63, 3.8) is 0 Å². The van der Waals surface area contributed by atoms with Gasteiger partial charge in [-0.05, 0) is 48.4 Å². The number of esters is 1. The van der Waals surface area contributed by atoms with Crippen LogP contribution in [0.25, 0.3) is 0 Å². The van der Waals surface area contributed by atoms with Crippen LogP contribution in [-0.2, 0) is 16.0 Å². The van der Waals surface area contributed by atoms with Crippen LogP contribution >= 0.6 is 0 Å². The Kier molecular flexibility index (Phi) is 6.95. The molecule has 0 aliphatic heterocycles. The van der Waals surface area contributed by atoms with E-state index in [9.17, 15) is 14.4 Å². The molecule has 0 atom stereocenters. The number of ether oxygens (including phenoxy) is 1. The van der Waals surface area contributed by atoms with Crippen LogP contribution < -0.4 is 10.6 Å². The van der Waals surface area contributed by atoms with Gasteiger partial charge in [-0.1, -0.05) is 49.4 Å². The molecule has 0 heterocycles. The molecule has 0 saturated carbocycles. The molecule has 3 aromatic carbocycles. The summed E-state index contributed by atoms with van der Waals surface area (Å²) >= 11 is 0. The van der Waals surface area contributed by atoms with Crippen LogP contribution in [-0.4, -0.2) is 24.4 Å². The molecule has 0 bridgehead atoms. The fourth-order valence-electron chi connectivity index (χ4n) is 2.83. The minimum Gasteiger partial charge on any atom is -0.452 e. The van der Waals surface area contributed by atoms with Crippen LogP contribution in [0.15, 0.2) is 78.9 Å². The van der Waals surface area contributed by atoms with Gasteiger partial charge in [0.2, 0.25) is 0 Å². The lowest BCUT2D eigenvalue weighted by atomic mass is 10.1. The number of carbonyl (C=O) groups is 3. The van der Waals surface area contributed by atoms with Crippen molar-refractivity contribution in [2.45, 2.75) is 13.3 Å². The van der Waals surface area contributed by atoms with Crippen LogP contribution in [0.1, 0.15) is 33.2 Å².